The molecule has 2 fully saturated rings. The number of hydrogen-bond donors (Lipinski definition) is 6. The molecule has 0 spiro atoms. The van der Waals surface area contributed by atoms with Crippen LogP contribution in [-0.2, 0) is 59.3 Å². The highest BCUT2D eigenvalue weighted by Crippen LogP contribution is 2.30. The van der Waals surface area contributed by atoms with Gasteiger partial charge in [-0.15, -0.1) is 0 Å². The molecule has 5 aromatic rings. The SMILES string of the molecule is O=C(CCCC(=O)N[C@H](Cc1ccccc1)C(=O)N1C/C(=C\c2ccc(Cl)c(Cl)c2)C(=O)C(Cc2ccc(Cl)c(Cl)c2)C1)NCCOCCOCCN1CCN(CCNC(=O)CNc2cc(C(=O)NC[C@H](O)CN3CCc4ccccc4C3)ncn2)CC1. The van der Waals surface area contributed by atoms with Gasteiger partial charge in [0, 0.05) is 128 Å². The number of Topliss-reactive ketones (excluding diaryl/α,β-unsaturated/α-hetero) is 1. The molecule has 8 rings (SSSR count). The summed E-state index contributed by atoms with van der Waals surface area (Å²) in [5.74, 6) is -2.01. The minimum atomic E-state index is -0.954. The molecule has 0 saturated carbocycles. The Kier molecular flexibility index (Phi) is 26.8. The number of aliphatic hydroxyl groups excluding tert-OH is 1. The molecular weight excluding hydrogens is 1210 g/mol. The van der Waals surface area contributed by atoms with E-state index in [2.05, 4.69) is 63.4 Å². The fourth-order valence-electron chi connectivity index (χ4n) is 10.7. The lowest BCUT2D eigenvalue weighted by atomic mass is 9.86. The van der Waals surface area contributed by atoms with E-state index >= 15 is 0 Å². The molecule has 24 heteroatoms. The molecule has 5 amide bonds. The first-order valence-corrected chi connectivity index (χ1v) is 31.3. The molecule has 2 saturated heterocycles. The minimum absolute atomic E-state index is 0.00855. The third-order valence-electron chi connectivity index (χ3n) is 15.5. The van der Waals surface area contributed by atoms with Crippen LogP contribution in [-0.4, -0.2) is 200 Å². The summed E-state index contributed by atoms with van der Waals surface area (Å²) in [6.45, 7) is 9.59. The Bertz CT molecular complexity index is 3190. The molecule has 6 N–H and O–H groups in total. The third kappa shape index (κ3) is 21.9. The van der Waals surface area contributed by atoms with Crippen molar-refractivity contribution >= 4 is 93.6 Å². The first-order chi connectivity index (χ1) is 42.6. The van der Waals surface area contributed by atoms with Crippen LogP contribution in [0.2, 0.25) is 20.1 Å². The average molecular weight is 1290 g/mol. The number of halogens is 4. The van der Waals surface area contributed by atoms with E-state index in [1.165, 1.54) is 23.5 Å². The number of carbonyl (C=O) groups is 6. The Morgan fingerprint density at radius 3 is 2.12 bits per heavy atom. The van der Waals surface area contributed by atoms with Crippen LogP contribution in [0.3, 0.4) is 0 Å². The van der Waals surface area contributed by atoms with Crippen molar-refractivity contribution in [3.63, 3.8) is 0 Å². The monoisotopic (exact) mass is 1280 g/mol. The molecular formula is C64H77Cl4N11O9. The number of piperidine rings is 1. The van der Waals surface area contributed by atoms with Gasteiger partial charge in [0.2, 0.25) is 23.6 Å². The van der Waals surface area contributed by atoms with Crippen molar-refractivity contribution in [3.8, 4) is 0 Å². The van der Waals surface area contributed by atoms with E-state index in [-0.39, 0.29) is 87.0 Å². The minimum Gasteiger partial charge on any atom is -0.390 e. The number of β-amino-alcohol motifs (C(OH)–C–C–N with tert-alkyl or cyclic N) is 1. The Hall–Kier alpha value is -6.56. The maximum absolute atomic E-state index is 14.6. The molecule has 1 unspecified atom stereocenters. The van der Waals surface area contributed by atoms with Gasteiger partial charge >= 0.3 is 0 Å². The number of likely N-dealkylation sites (tertiary alicyclic amines) is 1. The number of nitrogens with one attached hydrogen (secondary N) is 5. The highest BCUT2D eigenvalue weighted by atomic mass is 35.5. The number of anilines is 1. The molecule has 4 aromatic carbocycles. The maximum atomic E-state index is 14.6. The van der Waals surface area contributed by atoms with E-state index < -0.39 is 24.0 Å². The summed E-state index contributed by atoms with van der Waals surface area (Å²) in [6.07, 6.45) is 4.03. The molecule has 88 heavy (non-hydrogen) atoms. The van der Waals surface area contributed by atoms with Gasteiger partial charge in [-0.25, -0.2) is 9.97 Å². The number of ketones is 1. The molecule has 3 aliphatic rings. The summed E-state index contributed by atoms with van der Waals surface area (Å²) in [5, 5.41) is 26.5. The topological polar surface area (TPSA) is 240 Å². The number of aromatic nitrogens is 2. The first-order valence-electron chi connectivity index (χ1n) is 29.8. The number of benzene rings is 4. The molecule has 4 heterocycles. The van der Waals surface area contributed by atoms with Gasteiger partial charge < -0.3 is 46.1 Å². The Labute approximate surface area is 534 Å². The lowest BCUT2D eigenvalue weighted by Gasteiger charge is -2.36. The van der Waals surface area contributed by atoms with E-state index in [0.29, 0.717) is 96.1 Å². The van der Waals surface area contributed by atoms with Crippen molar-refractivity contribution in [2.45, 2.75) is 57.2 Å². The molecule has 1 aromatic heterocycles. The molecule has 0 aliphatic carbocycles. The first kappa shape index (κ1) is 67.4. The zero-order chi connectivity index (χ0) is 62.2. The number of ether oxygens (including phenoxy) is 2. The number of amides is 5. The van der Waals surface area contributed by atoms with Crippen LogP contribution in [0.25, 0.3) is 6.08 Å². The predicted molar refractivity (Wildman–Crippen MR) is 340 cm³/mol. The standard InChI is InChI=1S/C64H77Cl4N11O9/c65-52-15-13-45(33-54(52)67)31-49-40-79(41-50(62(49)84)32-46-14-16-53(66)55(68)34-46)64(86)57(35-44-7-2-1-3-8-44)75-60(82)12-6-11-59(81)70-19-27-87-29-30-88-28-26-77-24-22-76(23-25-77)21-18-69-61(83)38-71-58-36-56(73-43-74-58)63(85)72-37-51(80)42-78-20-17-47-9-4-5-10-48(47)39-78/h1-5,7-10,13-16,31,33-34,36,43,50-51,57,80H,6,11-12,17-30,32,35,37-42H2,(H,69,83)(H,70,81)(H,72,85)(H,75,82)(H,71,73,74)/b49-31+/t50?,51-,57+/m0/s1. The highest BCUT2D eigenvalue weighted by molar-refractivity contribution is 6.42. The van der Waals surface area contributed by atoms with Gasteiger partial charge in [0.15, 0.2) is 5.78 Å². The van der Waals surface area contributed by atoms with Crippen molar-refractivity contribution in [3.05, 3.63) is 163 Å². The number of hydrogen-bond acceptors (Lipinski definition) is 15. The zero-order valence-electron chi connectivity index (χ0n) is 49.2. The van der Waals surface area contributed by atoms with Gasteiger partial charge in [-0.3, -0.25) is 43.5 Å². The summed E-state index contributed by atoms with van der Waals surface area (Å²) in [6, 6.07) is 28.4. The van der Waals surface area contributed by atoms with Crippen LogP contribution >= 0.6 is 46.4 Å². The van der Waals surface area contributed by atoms with Crippen LogP contribution in [0.4, 0.5) is 5.82 Å². The van der Waals surface area contributed by atoms with Crippen molar-refractivity contribution in [1.29, 1.82) is 0 Å². The van der Waals surface area contributed by atoms with Crippen molar-refractivity contribution in [1.82, 2.24) is 50.8 Å². The number of nitrogens with zero attached hydrogens (tertiary/aromatic N) is 6. The van der Waals surface area contributed by atoms with Crippen molar-refractivity contribution in [2.75, 3.05) is 123 Å². The van der Waals surface area contributed by atoms with Gasteiger partial charge in [-0.05, 0) is 77.4 Å². The van der Waals surface area contributed by atoms with Crippen LogP contribution < -0.4 is 26.6 Å². The van der Waals surface area contributed by atoms with E-state index in [1.54, 1.807) is 47.4 Å². The maximum Gasteiger partial charge on any atom is 0.270 e. The lowest BCUT2D eigenvalue weighted by molar-refractivity contribution is -0.139. The second-order valence-corrected chi connectivity index (χ2v) is 23.7. The number of piperazine rings is 1. The Balaban J connectivity index is 0.652. The van der Waals surface area contributed by atoms with E-state index in [0.717, 1.165) is 63.4 Å². The van der Waals surface area contributed by atoms with Crippen LogP contribution in [0.1, 0.15) is 57.6 Å². The fraction of sp³-hybridized carbons (Fsp3) is 0.438. The summed E-state index contributed by atoms with van der Waals surface area (Å²) in [4.78, 5) is 97.0. The highest BCUT2D eigenvalue weighted by Gasteiger charge is 2.37. The summed E-state index contributed by atoms with van der Waals surface area (Å²) in [7, 11) is 0. The summed E-state index contributed by atoms with van der Waals surface area (Å²) < 4.78 is 11.5. The summed E-state index contributed by atoms with van der Waals surface area (Å²) in [5.41, 5.74) is 5.38. The number of rotatable bonds is 31. The van der Waals surface area contributed by atoms with Crippen LogP contribution in [0.5, 0.6) is 0 Å². The molecule has 3 aliphatic heterocycles. The van der Waals surface area contributed by atoms with Gasteiger partial charge in [-0.2, -0.15) is 0 Å². The second kappa shape index (κ2) is 35.0. The van der Waals surface area contributed by atoms with E-state index in [4.69, 9.17) is 55.9 Å². The predicted octanol–water partition coefficient (Wildman–Crippen LogP) is 5.79. The molecule has 470 valence electrons. The van der Waals surface area contributed by atoms with E-state index in [1.807, 2.05) is 42.5 Å². The van der Waals surface area contributed by atoms with Gasteiger partial charge in [0.1, 0.15) is 23.9 Å². The second-order valence-electron chi connectivity index (χ2n) is 22.1. The number of carbonyl (C=O) groups excluding carboxylic acids is 6. The zero-order valence-corrected chi connectivity index (χ0v) is 52.2. The Morgan fingerprint density at radius 1 is 0.670 bits per heavy atom. The third-order valence-corrected chi connectivity index (χ3v) is 17.0. The lowest BCUT2D eigenvalue weighted by Crippen LogP contribution is -2.54. The Morgan fingerprint density at radius 2 is 1.36 bits per heavy atom. The van der Waals surface area contributed by atoms with Crippen LogP contribution in [0, 0.1) is 5.92 Å². The quantitative estimate of drug-likeness (QED) is 0.0228. The number of fused-ring (bicyclic) bond motifs is 1. The largest absolute Gasteiger partial charge is 0.390 e. The van der Waals surface area contributed by atoms with E-state index in [9.17, 15) is 33.9 Å². The van der Waals surface area contributed by atoms with Gasteiger partial charge in [0.25, 0.3) is 5.91 Å². The number of aliphatic hydroxyl groups is 1. The normalized spacial score (nSPS) is 16.8. The molecule has 0 radical (unpaired) electrons. The van der Waals surface area contributed by atoms with Crippen LogP contribution in [0.15, 0.2) is 109 Å². The molecule has 0 bridgehead atoms. The molecule has 3 atom stereocenters. The smallest absolute Gasteiger partial charge is 0.270 e. The van der Waals surface area contributed by atoms with Crippen molar-refractivity contribution in [2.24, 2.45) is 5.92 Å². The van der Waals surface area contributed by atoms with Crippen molar-refractivity contribution < 1.29 is 43.3 Å². The molecule has 20 nitrogen and oxygen atoms in total. The average Bonchev–Trinajstić information content (AvgIpc) is 1.66. The van der Waals surface area contributed by atoms with Gasteiger partial charge in [-0.1, -0.05) is 113 Å². The fourth-order valence-corrected chi connectivity index (χ4v) is 11.4. The summed E-state index contributed by atoms with van der Waals surface area (Å²) >= 11 is 25.1. The van der Waals surface area contributed by atoms with Gasteiger partial charge in [0.05, 0.1) is 59.2 Å².